The van der Waals surface area contributed by atoms with Crippen molar-refractivity contribution >= 4 is 6.08 Å². The molecule has 3 N–H and O–H groups in total. The molecule has 4 nitrogen and oxygen atoms in total. The van der Waals surface area contributed by atoms with Crippen LogP contribution in [0.1, 0.15) is 22.9 Å². The van der Waals surface area contributed by atoms with Crippen molar-refractivity contribution in [3.8, 4) is 0 Å². The lowest BCUT2D eigenvalue weighted by molar-refractivity contribution is 0.0466. The summed E-state index contributed by atoms with van der Waals surface area (Å²) in [7, 11) is 0. The van der Waals surface area contributed by atoms with Gasteiger partial charge in [0.25, 0.3) is 5.56 Å². The molecule has 1 aromatic heterocycles. The lowest BCUT2D eigenvalue weighted by Gasteiger charge is -2.21. The summed E-state index contributed by atoms with van der Waals surface area (Å²) >= 11 is 0. The summed E-state index contributed by atoms with van der Waals surface area (Å²) in [5.74, 6) is 0. The smallest absolute Gasteiger partial charge is 0.251 e. The lowest BCUT2D eigenvalue weighted by atomic mass is 9.96. The van der Waals surface area contributed by atoms with Crippen molar-refractivity contribution in [3.05, 3.63) is 39.3 Å². The summed E-state index contributed by atoms with van der Waals surface area (Å²) in [5, 5.41) is 19.0. The number of nitrogens with one attached hydrogen (secondary N) is 1. The Morgan fingerprint density at radius 2 is 2.14 bits per heavy atom. The lowest BCUT2D eigenvalue weighted by Crippen LogP contribution is -2.23. The third kappa shape index (κ3) is 1.29. The number of pyridine rings is 1. The molecule has 0 spiro atoms. The topological polar surface area (TPSA) is 73.3 Å². The Morgan fingerprint density at radius 3 is 2.86 bits per heavy atom. The van der Waals surface area contributed by atoms with Gasteiger partial charge in [0.1, 0.15) is 12.2 Å². The zero-order chi connectivity index (χ0) is 10.3. The van der Waals surface area contributed by atoms with Crippen molar-refractivity contribution in [2.45, 2.75) is 19.1 Å². The van der Waals surface area contributed by atoms with Crippen molar-refractivity contribution in [1.82, 2.24) is 4.98 Å². The molecule has 14 heavy (non-hydrogen) atoms. The quantitative estimate of drug-likeness (QED) is 0.547. The van der Waals surface area contributed by atoms with E-state index in [-0.39, 0.29) is 5.56 Å². The summed E-state index contributed by atoms with van der Waals surface area (Å²) in [6.07, 6.45) is 1.21. The van der Waals surface area contributed by atoms with E-state index in [1.807, 2.05) is 0 Å². The molecule has 1 aromatic rings. The largest absolute Gasteiger partial charge is 0.386 e. The van der Waals surface area contributed by atoms with E-state index in [0.717, 1.165) is 0 Å². The van der Waals surface area contributed by atoms with Gasteiger partial charge >= 0.3 is 0 Å². The van der Waals surface area contributed by atoms with E-state index >= 15 is 0 Å². The molecular formula is C10H11NO3. The van der Waals surface area contributed by atoms with Gasteiger partial charge in [-0.25, -0.2) is 0 Å². The number of rotatable bonds is 0. The number of aliphatic hydroxyl groups excluding tert-OH is 2. The molecule has 0 aromatic carbocycles. The van der Waals surface area contributed by atoms with Gasteiger partial charge in [0.05, 0.1) is 0 Å². The summed E-state index contributed by atoms with van der Waals surface area (Å²) in [6, 6.07) is 1.60. The summed E-state index contributed by atoms with van der Waals surface area (Å²) in [5.41, 5.74) is 1.50. The highest BCUT2D eigenvalue weighted by Crippen LogP contribution is 2.25. The second-order valence-electron chi connectivity index (χ2n) is 3.45. The molecule has 0 bridgehead atoms. The maximum absolute atomic E-state index is 11.2. The van der Waals surface area contributed by atoms with E-state index in [9.17, 15) is 15.0 Å². The fraction of sp³-hybridized carbons (Fsp3) is 0.300. The molecule has 0 fully saturated rings. The number of H-pyrrole nitrogens is 1. The molecule has 1 aliphatic rings. The number of hydrogen-bond donors (Lipinski definition) is 3. The van der Waals surface area contributed by atoms with Crippen LogP contribution >= 0.6 is 0 Å². The van der Waals surface area contributed by atoms with Crippen molar-refractivity contribution < 1.29 is 10.2 Å². The number of fused-ring (bicyclic) bond motifs is 1. The number of aromatic nitrogens is 1. The normalized spacial score (nSPS) is 24.8. The van der Waals surface area contributed by atoms with Crippen LogP contribution < -0.4 is 5.56 Å². The van der Waals surface area contributed by atoms with E-state index in [1.165, 1.54) is 6.08 Å². The minimum atomic E-state index is -0.953. The van der Waals surface area contributed by atoms with Gasteiger partial charge < -0.3 is 15.2 Å². The van der Waals surface area contributed by atoms with Crippen LogP contribution in [0, 0.1) is 6.92 Å². The molecule has 0 aliphatic heterocycles. The van der Waals surface area contributed by atoms with Crippen LogP contribution in [0.15, 0.2) is 16.9 Å². The van der Waals surface area contributed by atoms with Gasteiger partial charge in [0.15, 0.2) is 0 Å². The third-order valence-electron chi connectivity index (χ3n) is 2.39. The molecule has 0 saturated carbocycles. The SMILES string of the molecule is Cc1cc2c([nH]c1=O)C=CC(O)C2O. The molecule has 0 amide bonds. The first kappa shape index (κ1) is 9.18. The summed E-state index contributed by atoms with van der Waals surface area (Å²) in [6.45, 7) is 1.66. The van der Waals surface area contributed by atoms with Crippen LogP contribution in [-0.4, -0.2) is 21.3 Å². The van der Waals surface area contributed by atoms with E-state index in [2.05, 4.69) is 4.98 Å². The zero-order valence-corrected chi connectivity index (χ0v) is 7.69. The number of aliphatic hydroxyl groups is 2. The first-order valence-electron chi connectivity index (χ1n) is 4.38. The molecule has 1 heterocycles. The molecule has 2 unspecified atom stereocenters. The van der Waals surface area contributed by atoms with Crippen molar-refractivity contribution in [3.63, 3.8) is 0 Å². The molecule has 2 rings (SSSR count). The first-order valence-corrected chi connectivity index (χ1v) is 4.38. The molecule has 2 atom stereocenters. The van der Waals surface area contributed by atoms with E-state index in [1.54, 1.807) is 19.1 Å². The second-order valence-corrected chi connectivity index (χ2v) is 3.45. The Bertz CT molecular complexity index is 447. The average molecular weight is 193 g/mol. The van der Waals surface area contributed by atoms with Gasteiger partial charge in [-0.2, -0.15) is 0 Å². The van der Waals surface area contributed by atoms with E-state index < -0.39 is 12.2 Å². The fourth-order valence-electron chi connectivity index (χ4n) is 1.54. The summed E-state index contributed by atoms with van der Waals surface area (Å²) < 4.78 is 0. The summed E-state index contributed by atoms with van der Waals surface area (Å²) in [4.78, 5) is 13.9. The average Bonchev–Trinajstić information content (AvgIpc) is 2.15. The maximum atomic E-state index is 11.2. The van der Waals surface area contributed by atoms with Crippen molar-refractivity contribution in [1.29, 1.82) is 0 Å². The van der Waals surface area contributed by atoms with Gasteiger partial charge in [-0.15, -0.1) is 0 Å². The first-order chi connectivity index (χ1) is 6.59. The van der Waals surface area contributed by atoms with Gasteiger partial charge in [-0.1, -0.05) is 6.08 Å². The Morgan fingerprint density at radius 1 is 1.43 bits per heavy atom. The predicted octanol–water partition coefficient (Wildman–Crippen LogP) is 0.104. The van der Waals surface area contributed by atoms with Crippen LogP contribution in [0.2, 0.25) is 0 Å². The standard InChI is InChI=1S/C10H11NO3/c1-5-4-6-7(11-10(5)14)2-3-8(12)9(6)13/h2-4,8-9,12-13H,1H3,(H,11,14). The van der Waals surface area contributed by atoms with Gasteiger partial charge in [-0.05, 0) is 19.1 Å². The highest BCUT2D eigenvalue weighted by molar-refractivity contribution is 5.54. The Hall–Kier alpha value is -1.39. The number of aromatic amines is 1. The molecule has 1 aliphatic carbocycles. The number of aryl methyl sites for hydroxylation is 1. The fourth-order valence-corrected chi connectivity index (χ4v) is 1.54. The minimum Gasteiger partial charge on any atom is -0.386 e. The van der Waals surface area contributed by atoms with Crippen LogP contribution in [0.25, 0.3) is 6.08 Å². The Kier molecular flexibility index (Phi) is 2.02. The zero-order valence-electron chi connectivity index (χ0n) is 7.69. The third-order valence-corrected chi connectivity index (χ3v) is 2.39. The van der Waals surface area contributed by atoms with E-state index in [4.69, 9.17) is 0 Å². The van der Waals surface area contributed by atoms with E-state index in [0.29, 0.717) is 16.8 Å². The van der Waals surface area contributed by atoms with Gasteiger partial charge in [-0.3, -0.25) is 4.79 Å². The van der Waals surface area contributed by atoms with Crippen LogP contribution in [0.4, 0.5) is 0 Å². The van der Waals surface area contributed by atoms with Crippen molar-refractivity contribution in [2.75, 3.05) is 0 Å². The Balaban J connectivity index is 2.64. The highest BCUT2D eigenvalue weighted by Gasteiger charge is 2.23. The highest BCUT2D eigenvalue weighted by atomic mass is 16.3. The van der Waals surface area contributed by atoms with Gasteiger partial charge in [0, 0.05) is 16.8 Å². The minimum absolute atomic E-state index is 0.169. The monoisotopic (exact) mass is 193 g/mol. The predicted molar refractivity (Wildman–Crippen MR) is 51.8 cm³/mol. The molecule has 0 radical (unpaired) electrons. The van der Waals surface area contributed by atoms with Crippen LogP contribution in [0.3, 0.4) is 0 Å². The van der Waals surface area contributed by atoms with Gasteiger partial charge in [0.2, 0.25) is 0 Å². The molecule has 0 saturated heterocycles. The van der Waals surface area contributed by atoms with Crippen LogP contribution in [0.5, 0.6) is 0 Å². The Labute approximate surface area is 80.5 Å². The van der Waals surface area contributed by atoms with Crippen LogP contribution in [-0.2, 0) is 0 Å². The second kappa shape index (κ2) is 3.08. The number of hydrogen-bond acceptors (Lipinski definition) is 3. The maximum Gasteiger partial charge on any atom is 0.251 e. The molecule has 4 heteroatoms. The molecular weight excluding hydrogens is 182 g/mol. The molecule has 74 valence electrons. The van der Waals surface area contributed by atoms with Crippen molar-refractivity contribution in [2.24, 2.45) is 0 Å².